The fourth-order valence-corrected chi connectivity index (χ4v) is 4.03. The van der Waals surface area contributed by atoms with Crippen LogP contribution in [0.1, 0.15) is 12.1 Å². The van der Waals surface area contributed by atoms with Crippen LogP contribution in [0.15, 0.2) is 48.8 Å². The molecule has 3 aromatic rings. The highest BCUT2D eigenvalue weighted by molar-refractivity contribution is 7.92. The molecular weight excluding hydrogens is 335 g/mol. The summed E-state index contributed by atoms with van der Waals surface area (Å²) in [6, 6.07) is 11.5. The summed E-state index contributed by atoms with van der Waals surface area (Å²) < 4.78 is 14.3. The van der Waals surface area contributed by atoms with E-state index in [1.165, 1.54) is 3.97 Å². The Bertz CT molecular complexity index is 1010. The monoisotopic (exact) mass is 350 g/mol. The zero-order chi connectivity index (χ0) is 16.9. The first-order chi connectivity index (χ1) is 12.3. The van der Waals surface area contributed by atoms with Crippen LogP contribution >= 0.6 is 12.3 Å². The Morgan fingerprint density at radius 3 is 3.04 bits per heavy atom. The lowest BCUT2D eigenvalue weighted by Gasteiger charge is -2.20. The number of hydrogen-bond donors (Lipinski definition) is 0. The quantitative estimate of drug-likeness (QED) is 0.660. The van der Waals surface area contributed by atoms with Gasteiger partial charge in [-0.2, -0.15) is 0 Å². The van der Waals surface area contributed by atoms with Gasteiger partial charge in [0.05, 0.1) is 16.4 Å². The highest BCUT2D eigenvalue weighted by atomic mass is 32.2. The number of anilines is 1. The highest BCUT2D eigenvalue weighted by Crippen LogP contribution is 2.57. The van der Waals surface area contributed by atoms with Crippen LogP contribution in [0.3, 0.4) is 0 Å². The Hall–Kier alpha value is -2.52. The van der Waals surface area contributed by atoms with Gasteiger partial charge in [0, 0.05) is 25.5 Å². The van der Waals surface area contributed by atoms with Crippen molar-refractivity contribution in [2.45, 2.75) is 6.42 Å². The lowest BCUT2D eigenvalue weighted by Crippen LogP contribution is -2.25. The van der Waals surface area contributed by atoms with Crippen molar-refractivity contribution in [3.63, 3.8) is 0 Å². The minimum Gasteiger partial charge on any atom is -0.355 e. The topological polar surface area (TPSA) is 34.0 Å². The fourth-order valence-electron chi connectivity index (χ4n) is 3.70. The fraction of sp³-hybridized carbons (Fsp3) is 0.263. The van der Waals surface area contributed by atoms with E-state index in [-0.39, 0.29) is 17.7 Å². The van der Waals surface area contributed by atoms with Crippen LogP contribution < -0.4 is 4.90 Å². The zero-order valence-electron chi connectivity index (χ0n) is 13.4. The van der Waals surface area contributed by atoms with Gasteiger partial charge in [-0.25, -0.2) is 9.97 Å². The average molecular weight is 350 g/mol. The van der Waals surface area contributed by atoms with Crippen LogP contribution in [0.25, 0.3) is 11.0 Å². The molecule has 0 radical (unpaired) electrons. The molecule has 3 aromatic heterocycles. The number of piperidine rings is 1. The normalized spacial score (nSPS) is 24.0. The van der Waals surface area contributed by atoms with E-state index in [1.54, 1.807) is 12.4 Å². The lowest BCUT2D eigenvalue weighted by molar-refractivity contribution is 0.703. The Balaban J connectivity index is 1.39. The van der Waals surface area contributed by atoms with Crippen LogP contribution in [0.5, 0.6) is 0 Å². The molecule has 5 rings (SSSR count). The van der Waals surface area contributed by atoms with Crippen molar-refractivity contribution in [3.8, 4) is 11.8 Å². The van der Waals surface area contributed by atoms with E-state index in [4.69, 9.17) is 4.98 Å². The van der Waals surface area contributed by atoms with Crippen molar-refractivity contribution >= 4 is 29.2 Å². The van der Waals surface area contributed by atoms with E-state index in [2.05, 4.69) is 21.7 Å². The Kier molecular flexibility index (Phi) is 3.25. The highest BCUT2D eigenvalue weighted by Gasteiger charge is 2.59. The van der Waals surface area contributed by atoms with E-state index < -0.39 is 0 Å². The van der Waals surface area contributed by atoms with Gasteiger partial charge in [0.15, 0.2) is 12.3 Å². The summed E-state index contributed by atoms with van der Waals surface area (Å²) in [5.41, 5.74) is 2.52. The molecule has 4 heterocycles. The molecule has 1 aliphatic heterocycles. The lowest BCUT2D eigenvalue weighted by atomic mass is 10.1. The molecule has 0 bridgehead atoms. The van der Waals surface area contributed by atoms with Gasteiger partial charge in [0.25, 0.3) is 0 Å². The number of hydrogen-bond acceptors (Lipinski definition) is 4. The third-order valence-electron chi connectivity index (χ3n) is 5.14. The Morgan fingerprint density at radius 2 is 2.20 bits per heavy atom. The summed E-state index contributed by atoms with van der Waals surface area (Å²) in [7, 11) is 0. The third kappa shape index (κ3) is 2.47. The molecule has 0 amide bonds. The van der Waals surface area contributed by atoms with Crippen LogP contribution in [-0.4, -0.2) is 27.0 Å². The van der Waals surface area contributed by atoms with Gasteiger partial charge in [0.2, 0.25) is 0 Å². The van der Waals surface area contributed by atoms with E-state index in [1.807, 2.05) is 36.4 Å². The van der Waals surface area contributed by atoms with Gasteiger partial charge in [0.1, 0.15) is 11.5 Å². The second-order valence-electron chi connectivity index (χ2n) is 6.69. The molecule has 1 saturated carbocycles. The summed E-state index contributed by atoms with van der Waals surface area (Å²) in [4.78, 5) is 11.3. The van der Waals surface area contributed by atoms with Crippen molar-refractivity contribution in [2.75, 3.05) is 18.0 Å². The van der Waals surface area contributed by atoms with Crippen molar-refractivity contribution < 1.29 is 3.89 Å². The maximum absolute atomic E-state index is 12.8. The molecule has 2 aliphatic rings. The molecule has 124 valence electrons. The first-order valence-corrected chi connectivity index (χ1v) is 8.91. The average Bonchev–Trinajstić information content (AvgIpc) is 3.02. The molecule has 2 atom stereocenters. The van der Waals surface area contributed by atoms with Crippen LogP contribution in [0.4, 0.5) is 9.70 Å². The van der Waals surface area contributed by atoms with Crippen molar-refractivity contribution in [1.29, 1.82) is 0 Å². The summed E-state index contributed by atoms with van der Waals surface area (Å²) in [5.74, 6) is 8.23. The van der Waals surface area contributed by atoms with Gasteiger partial charge in [-0.05, 0) is 48.6 Å². The van der Waals surface area contributed by atoms with Crippen molar-refractivity contribution in [1.82, 2.24) is 13.9 Å². The van der Waals surface area contributed by atoms with E-state index in [0.717, 1.165) is 42.1 Å². The van der Waals surface area contributed by atoms with Crippen molar-refractivity contribution in [3.05, 3.63) is 54.5 Å². The van der Waals surface area contributed by atoms with E-state index >= 15 is 0 Å². The number of halogens is 1. The first-order valence-electron chi connectivity index (χ1n) is 8.24. The van der Waals surface area contributed by atoms with Crippen molar-refractivity contribution in [2.24, 2.45) is 11.3 Å². The van der Waals surface area contributed by atoms with Gasteiger partial charge >= 0.3 is 0 Å². The molecule has 1 aliphatic carbocycles. The summed E-state index contributed by atoms with van der Waals surface area (Å²) in [6.45, 7) is 1.88. The number of aromatic nitrogens is 3. The minimum absolute atomic E-state index is 0.0783. The van der Waals surface area contributed by atoms with Gasteiger partial charge in [-0.1, -0.05) is 12.0 Å². The van der Waals surface area contributed by atoms with Crippen LogP contribution in [0, 0.1) is 23.2 Å². The molecule has 4 nitrogen and oxygen atoms in total. The maximum Gasteiger partial charge on any atom is 0.169 e. The molecule has 2 unspecified atom stereocenters. The van der Waals surface area contributed by atoms with Crippen LogP contribution in [-0.2, 0) is 0 Å². The molecule has 6 heteroatoms. The molecule has 0 spiro atoms. The van der Waals surface area contributed by atoms with Gasteiger partial charge < -0.3 is 4.90 Å². The number of rotatable bonds is 2. The SMILES string of the molecule is FSn1ccc2nc(N3CC4CC4(C#Cc4ccccn4)C3)ccc21. The second kappa shape index (κ2) is 5.50. The maximum atomic E-state index is 12.8. The summed E-state index contributed by atoms with van der Waals surface area (Å²) in [5, 5.41) is 0. The Labute approximate surface area is 149 Å². The van der Waals surface area contributed by atoms with E-state index in [0.29, 0.717) is 5.92 Å². The molecule has 0 aromatic carbocycles. The molecule has 0 N–H and O–H groups in total. The second-order valence-corrected chi connectivity index (χ2v) is 7.22. The number of nitrogens with zero attached hydrogens (tertiary/aromatic N) is 4. The van der Waals surface area contributed by atoms with Crippen LogP contribution in [0.2, 0.25) is 0 Å². The molecule has 2 fully saturated rings. The predicted molar refractivity (Wildman–Crippen MR) is 97.7 cm³/mol. The predicted octanol–water partition coefficient (Wildman–Crippen LogP) is 3.69. The number of fused-ring (bicyclic) bond motifs is 2. The molecule has 1 saturated heterocycles. The first kappa shape index (κ1) is 14.8. The Morgan fingerprint density at radius 1 is 1.24 bits per heavy atom. The standard InChI is InChI=1S/C19H15FN4S/c20-25-24-10-7-16-17(24)4-5-18(22-16)23-12-14-11-19(14,13-23)8-6-15-3-1-2-9-21-15/h1-5,7,9-10,14H,11-13H2. The third-order valence-corrected chi connectivity index (χ3v) is 5.61. The smallest absolute Gasteiger partial charge is 0.169 e. The minimum atomic E-state index is 0.0783. The summed E-state index contributed by atoms with van der Waals surface area (Å²) in [6.07, 6.45) is 4.63. The van der Waals surface area contributed by atoms with E-state index in [9.17, 15) is 3.89 Å². The number of pyridine rings is 2. The van der Waals surface area contributed by atoms with Gasteiger partial charge in [-0.15, -0.1) is 3.89 Å². The molecular formula is C19H15FN4S. The molecule has 25 heavy (non-hydrogen) atoms. The summed E-state index contributed by atoms with van der Waals surface area (Å²) >= 11 is 0.193. The van der Waals surface area contributed by atoms with Gasteiger partial charge in [-0.3, -0.25) is 3.97 Å². The largest absolute Gasteiger partial charge is 0.355 e. The zero-order valence-corrected chi connectivity index (χ0v) is 14.2.